The molecule has 0 amide bonds. The van der Waals surface area contributed by atoms with E-state index in [1.54, 1.807) is 43.9 Å². The van der Waals surface area contributed by atoms with E-state index in [0.717, 1.165) is 55.5 Å². The zero-order valence-corrected chi connectivity index (χ0v) is 70.1. The van der Waals surface area contributed by atoms with Crippen molar-refractivity contribution in [1.82, 2.24) is 20.6 Å². The minimum absolute atomic E-state index is 0.0208. The Bertz CT molecular complexity index is 3200. The van der Waals surface area contributed by atoms with Crippen LogP contribution in [0.25, 0.3) is 0 Å². The molecule has 1 saturated heterocycles. The van der Waals surface area contributed by atoms with Crippen molar-refractivity contribution in [3.05, 3.63) is 83.9 Å². The number of nitrogens with one attached hydrogen (secondary N) is 4. The second-order valence-electron chi connectivity index (χ2n) is 26.3. The Kier molecular flexibility index (Phi) is 84.8. The predicted octanol–water partition coefficient (Wildman–Crippen LogP) is -3.31. The monoisotopic (exact) mass is 1750 g/mol. The third-order valence-electron chi connectivity index (χ3n) is 14.5. The molecule has 0 radical (unpaired) electrons. The van der Waals surface area contributed by atoms with E-state index >= 15 is 0 Å². The van der Waals surface area contributed by atoms with Gasteiger partial charge in [-0.05, 0) is 144 Å². The number of carboxylic acids is 13. The van der Waals surface area contributed by atoms with E-state index in [0.29, 0.717) is 63.2 Å². The number of guanidine groups is 1. The van der Waals surface area contributed by atoms with Crippen molar-refractivity contribution in [2.75, 3.05) is 38.2 Å². The molecular formula is C72H137N19O28S. The minimum Gasteiger partial charge on any atom is -0.508 e. The van der Waals surface area contributed by atoms with Crippen LogP contribution in [0.4, 0.5) is 0 Å². The fourth-order valence-electron chi connectivity index (χ4n) is 6.81. The minimum atomic E-state index is -1.18. The van der Waals surface area contributed by atoms with Crippen molar-refractivity contribution in [3.8, 4) is 5.75 Å². The van der Waals surface area contributed by atoms with Crippen molar-refractivity contribution in [1.29, 1.82) is 5.41 Å². The number of nitrogens with two attached hydrogens (primary N) is 14. The molecule has 1 aliphatic rings. The summed E-state index contributed by atoms with van der Waals surface area (Å²) >= 11 is 1.60. The second-order valence-corrected chi connectivity index (χ2v) is 27.3. The average molecular weight is 1750 g/mol. The topological polar surface area (TPSA) is 966 Å². The van der Waals surface area contributed by atoms with E-state index in [1.165, 1.54) is 32.3 Å². The number of imidazole rings is 1. The maximum Gasteiger partial charge on any atom is 0.323 e. The van der Waals surface area contributed by atoms with E-state index in [2.05, 4.69) is 26.3 Å². The average Bonchev–Trinajstić information content (AvgIpc) is 1.17. The number of phenolic OH excluding ortho intramolecular Hbond substituents is 1. The highest BCUT2D eigenvalue weighted by molar-refractivity contribution is 7.98. The number of benzene rings is 2. The number of aromatic hydroxyl groups is 1. The largest absolute Gasteiger partial charge is 0.508 e. The first-order valence-electron chi connectivity index (χ1n) is 36.8. The quantitative estimate of drug-likeness (QED) is 0.0154. The Morgan fingerprint density at radius 1 is 0.525 bits per heavy atom. The summed E-state index contributed by atoms with van der Waals surface area (Å²) in [7, 11) is 0. The summed E-state index contributed by atoms with van der Waals surface area (Å²) in [5, 5.41) is 137. The summed E-state index contributed by atoms with van der Waals surface area (Å²) in [5.74, 6) is -11.1. The van der Waals surface area contributed by atoms with Gasteiger partial charge >= 0.3 is 77.6 Å². The molecule has 120 heavy (non-hydrogen) atoms. The number of aliphatic hydroxyl groups is 1. The number of carboxylic acid groups (broad SMARTS) is 13. The lowest BCUT2D eigenvalue weighted by Gasteiger charge is -2.11. The second kappa shape index (κ2) is 79.7. The first kappa shape index (κ1) is 128. The number of phenols is 1. The Labute approximate surface area is 701 Å². The number of unbranched alkanes of at least 4 members (excludes halogenated alkanes) is 1. The molecule has 4 rings (SSSR count). The van der Waals surface area contributed by atoms with Crippen LogP contribution in [0.3, 0.4) is 0 Å². The molecule has 0 bridgehead atoms. The Morgan fingerprint density at radius 3 is 1.17 bits per heavy atom. The van der Waals surface area contributed by atoms with E-state index in [9.17, 15) is 62.3 Å². The van der Waals surface area contributed by atoms with Crippen LogP contribution in [-0.2, 0) is 81.6 Å². The molecule has 694 valence electrons. The van der Waals surface area contributed by atoms with Crippen LogP contribution in [-0.4, -0.2) is 287 Å². The number of thioether (sulfide) groups is 1. The number of aromatic nitrogens is 2. The molecule has 0 saturated carbocycles. The van der Waals surface area contributed by atoms with Gasteiger partial charge in [-0.3, -0.25) is 67.7 Å². The summed E-state index contributed by atoms with van der Waals surface area (Å²) < 4.78 is 0. The maximum absolute atomic E-state index is 10.4. The molecule has 0 aliphatic carbocycles. The van der Waals surface area contributed by atoms with Gasteiger partial charge in [-0.2, -0.15) is 11.8 Å². The van der Waals surface area contributed by atoms with Gasteiger partial charge in [0.15, 0.2) is 5.96 Å². The Morgan fingerprint density at radius 2 is 0.917 bits per heavy atom. The molecule has 1 fully saturated rings. The van der Waals surface area contributed by atoms with Gasteiger partial charge in [0.2, 0.25) is 0 Å². The molecule has 2 heterocycles. The van der Waals surface area contributed by atoms with Crippen LogP contribution in [0.1, 0.15) is 136 Å². The highest BCUT2D eigenvalue weighted by Gasteiger charge is 2.22. The van der Waals surface area contributed by atoms with Gasteiger partial charge < -0.3 is 172 Å². The van der Waals surface area contributed by atoms with E-state index < -0.39 is 150 Å². The standard InChI is InChI=1S/C9H11NO3.C9H11NO2.C6H14N4O2.C6H9N3O2.C6H14N2O2.2C6H13NO2.C5H11NO2S.C5H9NO2.C5H11NO2.C4H9NO3.C3H7NO2.C2H5NO2/c10-8(9(12)13)5-6-1-3-7(11)4-2-6;10-8(9(11)12)6-7-4-2-1-3-5-7;7-4(5(11)12)2-1-3-10-6(8)9;7-5(6(10)11)1-4-2-8-3-9-4;7-4-2-1-3-5(8)6(9)10;1-4(2)3-5(7)6(8)9;1-3-4(2)5(7)6(8)9;1-9-3-2-4(6)5(7)8;7-5(8)4-2-1-3-6-4;1-3(2)4(6)5(7)8;1-2(6)3(5)4(7)8;1-2(4)3(5)6;3-1-2(4)5/h1-4,8,11H,5,10H2,(H,12,13);1-5,8H,6,10H2,(H,11,12);4H,1-3,7H2,(H,11,12)(H4,8,9,10);2-3,5H,1,7H2,(H,8,9)(H,10,11);5H,1-4,7-8H2,(H,9,10);2*4-5H,3,7H2,1-2H3,(H,8,9);4H,2-3,6H2,1H3,(H,7,8);4,6H,1-3H2,(H,7,8);3-4H,6H2,1-2H3,(H,7,8);2-3,6H,5H2,1H3,(H,7,8);2H,4H2,1H3,(H,5,6);1,3H2,(H,4,5)/t2*8-;4-;3*5-;4-,5-;3*4-;2-,3+;2-;/m000000000010./s1. The maximum atomic E-state index is 10.4. The van der Waals surface area contributed by atoms with Gasteiger partial charge in [0.05, 0.1) is 24.7 Å². The SMILES string of the molecule is CC(C)C[C@H](N)C(=O)O.CC(C)[C@H](N)C(=O)O.CC[C@H](C)[C@H](N)C(=O)O.CSCC[C@H](N)C(=O)O.C[C@@H](O)[C@H](N)C(=O)O.C[C@H](N)C(=O)O.N=C(N)NCCC[C@H](N)C(=O)O.NCC(=O)O.NCCCC[C@H](N)C(=O)O.N[C@@H](Cc1c[nH]cn1)C(=O)O.N[C@@H](Cc1ccc(O)cc1)C(=O)O.N[C@@H](Cc1ccccc1)C(=O)O.O=C(O)[C@@H]1CCCN1. The van der Waals surface area contributed by atoms with Crippen molar-refractivity contribution in [2.24, 2.45) is 98.0 Å². The third kappa shape index (κ3) is 88.4. The van der Waals surface area contributed by atoms with Gasteiger partial charge in [-0.1, -0.05) is 96.8 Å². The fraction of sp³-hybridized carbons (Fsp3) is 0.597. The lowest BCUT2D eigenvalue weighted by atomic mass is 10.0. The molecule has 48 heteroatoms. The number of H-pyrrole nitrogens is 1. The van der Waals surface area contributed by atoms with Gasteiger partial charge in [0.1, 0.15) is 78.3 Å². The molecule has 47 N–H and O–H groups in total. The van der Waals surface area contributed by atoms with Crippen molar-refractivity contribution < 1.29 is 139 Å². The van der Waals surface area contributed by atoms with Crippen LogP contribution in [0.2, 0.25) is 0 Å². The number of hydrogen-bond acceptors (Lipinski definition) is 32. The smallest absolute Gasteiger partial charge is 0.323 e. The Hall–Kier alpha value is -10.4. The number of hydrogen-bond donors (Lipinski definition) is 33. The number of nitrogens with zero attached hydrogens (tertiary/aromatic N) is 1. The van der Waals surface area contributed by atoms with Crippen LogP contribution < -0.4 is 90.9 Å². The Balaban J connectivity index is -0.000000160. The van der Waals surface area contributed by atoms with E-state index in [1.807, 2.05) is 64.3 Å². The van der Waals surface area contributed by atoms with Crippen LogP contribution >= 0.6 is 11.8 Å². The number of rotatable bonds is 36. The summed E-state index contributed by atoms with van der Waals surface area (Å²) in [6, 6.07) is 6.63. The van der Waals surface area contributed by atoms with Gasteiger partial charge in [0, 0.05) is 19.2 Å². The lowest BCUT2D eigenvalue weighted by Crippen LogP contribution is -2.39. The van der Waals surface area contributed by atoms with Crippen molar-refractivity contribution in [2.45, 2.75) is 217 Å². The van der Waals surface area contributed by atoms with E-state index in [-0.39, 0.29) is 49.0 Å². The number of carbonyl (C=O) groups is 13. The molecule has 3 aromatic rings. The molecule has 0 spiro atoms. The van der Waals surface area contributed by atoms with Crippen molar-refractivity contribution in [3.63, 3.8) is 0 Å². The highest BCUT2D eigenvalue weighted by Crippen LogP contribution is 2.11. The van der Waals surface area contributed by atoms with Crippen LogP contribution in [0, 0.1) is 23.2 Å². The molecule has 1 aliphatic heterocycles. The fourth-order valence-corrected chi connectivity index (χ4v) is 7.30. The normalized spacial score (nSPS) is 14.3. The molecule has 2 aromatic carbocycles. The summed E-state index contributed by atoms with van der Waals surface area (Å²) in [4.78, 5) is 137. The van der Waals surface area contributed by atoms with Crippen molar-refractivity contribution >= 4 is 95.3 Å². The summed E-state index contributed by atoms with van der Waals surface area (Å²) in [6.07, 6.45) is 11.8. The third-order valence-corrected chi connectivity index (χ3v) is 15.1. The van der Waals surface area contributed by atoms with Gasteiger partial charge in [-0.15, -0.1) is 0 Å². The summed E-state index contributed by atoms with van der Waals surface area (Å²) in [6.45, 7) is 15.6. The van der Waals surface area contributed by atoms with E-state index in [4.69, 9.17) is 157 Å². The highest BCUT2D eigenvalue weighted by atomic mass is 32.2. The van der Waals surface area contributed by atoms with Crippen LogP contribution in [0.5, 0.6) is 5.75 Å². The lowest BCUT2D eigenvalue weighted by molar-refractivity contribution is -0.141. The number of aromatic amines is 1. The predicted molar refractivity (Wildman–Crippen MR) is 447 cm³/mol. The van der Waals surface area contributed by atoms with Gasteiger partial charge in [-0.25, -0.2) is 4.98 Å². The number of aliphatic hydroxyl groups excluding tert-OH is 1. The molecular weight excluding hydrogens is 1610 g/mol. The molecule has 47 nitrogen and oxygen atoms in total. The molecule has 0 unspecified atom stereocenters. The first-order valence-corrected chi connectivity index (χ1v) is 38.2. The van der Waals surface area contributed by atoms with Gasteiger partial charge in [0.25, 0.3) is 0 Å². The number of aliphatic carboxylic acids is 13. The zero-order chi connectivity index (χ0) is 95.7. The molecule has 14 atom stereocenters. The first-order chi connectivity index (χ1) is 55.3. The zero-order valence-electron chi connectivity index (χ0n) is 69.3. The van der Waals surface area contributed by atoms with Crippen LogP contribution in [0.15, 0.2) is 67.1 Å². The summed E-state index contributed by atoms with van der Waals surface area (Å²) in [5.41, 5.74) is 74.1. The molecule has 1 aromatic heterocycles.